The maximum atomic E-state index is 13.5. The van der Waals surface area contributed by atoms with Crippen LogP contribution in [-0.2, 0) is 18.3 Å². The molecular formula is C20H30ClN5O2. The molecule has 1 atom stereocenters. The third kappa shape index (κ3) is 3.43. The Balaban J connectivity index is 0.00000280. The highest BCUT2D eigenvalue weighted by Gasteiger charge is 2.39. The maximum absolute atomic E-state index is 13.5. The van der Waals surface area contributed by atoms with Gasteiger partial charge in [0.1, 0.15) is 6.04 Å². The summed E-state index contributed by atoms with van der Waals surface area (Å²) in [5.41, 5.74) is 4.52. The molecule has 0 saturated carbocycles. The summed E-state index contributed by atoms with van der Waals surface area (Å²) in [5, 5.41) is 4.32. The van der Waals surface area contributed by atoms with Gasteiger partial charge in [-0.05, 0) is 33.8 Å². The lowest BCUT2D eigenvalue weighted by Gasteiger charge is -2.36. The van der Waals surface area contributed by atoms with Gasteiger partial charge >= 0.3 is 0 Å². The van der Waals surface area contributed by atoms with Crippen molar-refractivity contribution in [3.63, 3.8) is 0 Å². The Labute approximate surface area is 172 Å². The van der Waals surface area contributed by atoms with E-state index in [1.807, 2.05) is 27.0 Å². The van der Waals surface area contributed by atoms with Gasteiger partial charge in [-0.25, -0.2) is 0 Å². The smallest absolute Gasteiger partial charge is 0.256 e. The van der Waals surface area contributed by atoms with E-state index in [0.717, 1.165) is 22.6 Å². The number of halogens is 1. The quantitative estimate of drug-likeness (QED) is 0.785. The van der Waals surface area contributed by atoms with Crippen molar-refractivity contribution in [2.45, 2.75) is 46.2 Å². The fourth-order valence-corrected chi connectivity index (χ4v) is 4.21. The van der Waals surface area contributed by atoms with Crippen molar-refractivity contribution >= 4 is 24.2 Å². The minimum absolute atomic E-state index is 0. The van der Waals surface area contributed by atoms with Gasteiger partial charge in [0, 0.05) is 62.8 Å². The largest absolute Gasteiger partial charge is 0.347 e. The van der Waals surface area contributed by atoms with Crippen molar-refractivity contribution in [1.82, 2.24) is 24.1 Å². The van der Waals surface area contributed by atoms with Crippen LogP contribution in [0.25, 0.3) is 0 Å². The van der Waals surface area contributed by atoms with Gasteiger partial charge in [0.2, 0.25) is 5.91 Å². The number of likely N-dealkylation sites (N-methyl/N-ethyl adjacent to an activating group) is 1. The van der Waals surface area contributed by atoms with Crippen molar-refractivity contribution in [3.8, 4) is 0 Å². The second-order valence-corrected chi connectivity index (χ2v) is 7.80. The zero-order chi connectivity index (χ0) is 20.0. The van der Waals surface area contributed by atoms with Crippen LogP contribution in [0.2, 0.25) is 0 Å². The molecular weight excluding hydrogens is 378 g/mol. The summed E-state index contributed by atoms with van der Waals surface area (Å²) >= 11 is 0. The molecule has 7 nitrogen and oxygen atoms in total. The van der Waals surface area contributed by atoms with Gasteiger partial charge in [-0.1, -0.05) is 0 Å². The zero-order valence-corrected chi connectivity index (χ0v) is 18.5. The Morgan fingerprint density at radius 2 is 1.89 bits per heavy atom. The third-order valence-electron chi connectivity index (χ3n) is 5.46. The molecule has 2 amide bonds. The first kappa shape index (κ1) is 22.0. The van der Waals surface area contributed by atoms with E-state index in [-0.39, 0.29) is 30.3 Å². The van der Waals surface area contributed by atoms with Gasteiger partial charge in [0.25, 0.3) is 5.91 Å². The lowest BCUT2D eigenvalue weighted by molar-refractivity contribution is -0.134. The highest BCUT2D eigenvalue weighted by atomic mass is 35.5. The minimum Gasteiger partial charge on any atom is -0.347 e. The number of fused-ring (bicyclic) bond motifs is 1. The predicted molar refractivity (Wildman–Crippen MR) is 111 cm³/mol. The van der Waals surface area contributed by atoms with Crippen LogP contribution >= 0.6 is 12.4 Å². The number of carbonyl (C=O) groups is 2. The van der Waals surface area contributed by atoms with Gasteiger partial charge in [0.15, 0.2) is 0 Å². The molecule has 2 aromatic heterocycles. The monoisotopic (exact) mass is 407 g/mol. The van der Waals surface area contributed by atoms with Crippen molar-refractivity contribution in [3.05, 3.63) is 40.5 Å². The number of aryl methyl sites for hydroxylation is 2. The van der Waals surface area contributed by atoms with Crippen LogP contribution in [0.3, 0.4) is 0 Å². The highest BCUT2D eigenvalue weighted by Crippen LogP contribution is 2.33. The van der Waals surface area contributed by atoms with E-state index in [4.69, 9.17) is 0 Å². The Morgan fingerprint density at radius 3 is 2.43 bits per heavy atom. The summed E-state index contributed by atoms with van der Waals surface area (Å²) in [5.74, 6) is -0.195. The van der Waals surface area contributed by atoms with Crippen LogP contribution < -0.4 is 0 Å². The van der Waals surface area contributed by atoms with Crippen molar-refractivity contribution in [2.24, 2.45) is 7.05 Å². The van der Waals surface area contributed by atoms with E-state index >= 15 is 0 Å². The van der Waals surface area contributed by atoms with Crippen molar-refractivity contribution < 1.29 is 9.59 Å². The number of hydrogen-bond donors (Lipinski definition) is 0. The van der Waals surface area contributed by atoms with Crippen molar-refractivity contribution in [2.75, 3.05) is 20.6 Å². The normalized spacial score (nSPS) is 16.0. The molecule has 0 radical (unpaired) electrons. The Morgan fingerprint density at radius 1 is 1.25 bits per heavy atom. The molecule has 0 bridgehead atoms. The molecule has 2 aromatic rings. The first-order valence-corrected chi connectivity index (χ1v) is 9.36. The van der Waals surface area contributed by atoms with Crippen LogP contribution in [0.15, 0.2) is 12.3 Å². The summed E-state index contributed by atoms with van der Waals surface area (Å²) in [7, 11) is 5.32. The lowest BCUT2D eigenvalue weighted by atomic mass is 9.96. The topological polar surface area (TPSA) is 63.4 Å². The number of carbonyl (C=O) groups excluding carboxylic acids is 2. The fraction of sp³-hybridized carbons (Fsp3) is 0.550. The molecule has 0 N–H and O–H groups in total. The maximum Gasteiger partial charge on any atom is 0.256 e. The molecule has 0 saturated heterocycles. The second-order valence-electron chi connectivity index (χ2n) is 7.80. The first-order valence-electron chi connectivity index (χ1n) is 9.36. The molecule has 1 aliphatic heterocycles. The van der Waals surface area contributed by atoms with Crippen LogP contribution in [0.5, 0.6) is 0 Å². The van der Waals surface area contributed by atoms with E-state index in [1.165, 1.54) is 0 Å². The molecule has 8 heteroatoms. The summed E-state index contributed by atoms with van der Waals surface area (Å²) in [4.78, 5) is 29.7. The number of aromatic nitrogens is 3. The lowest BCUT2D eigenvalue weighted by Crippen LogP contribution is -2.47. The average molecular weight is 408 g/mol. The number of rotatable bonds is 3. The van der Waals surface area contributed by atoms with E-state index < -0.39 is 6.04 Å². The Hall–Kier alpha value is -2.28. The second kappa shape index (κ2) is 7.99. The van der Waals surface area contributed by atoms with Crippen molar-refractivity contribution in [1.29, 1.82) is 0 Å². The molecule has 3 rings (SSSR count). The van der Waals surface area contributed by atoms with Gasteiger partial charge < -0.3 is 14.4 Å². The van der Waals surface area contributed by atoms with Gasteiger partial charge in [-0.2, -0.15) is 5.10 Å². The van der Waals surface area contributed by atoms with Gasteiger partial charge in [0.05, 0.1) is 11.8 Å². The molecule has 28 heavy (non-hydrogen) atoms. The highest BCUT2D eigenvalue weighted by molar-refractivity contribution is 5.99. The van der Waals surface area contributed by atoms with Crippen LogP contribution in [0, 0.1) is 13.8 Å². The van der Waals surface area contributed by atoms with Crippen LogP contribution in [-0.4, -0.2) is 56.6 Å². The molecule has 0 spiro atoms. The fourth-order valence-electron chi connectivity index (χ4n) is 4.21. The molecule has 3 heterocycles. The summed E-state index contributed by atoms with van der Waals surface area (Å²) in [6, 6.07) is 1.58. The Bertz CT molecular complexity index is 897. The molecule has 1 unspecified atom stereocenters. The summed E-state index contributed by atoms with van der Waals surface area (Å²) in [6.45, 7) is 8.70. The van der Waals surface area contributed by atoms with Crippen LogP contribution in [0.1, 0.15) is 58.9 Å². The van der Waals surface area contributed by atoms with E-state index in [0.29, 0.717) is 18.5 Å². The third-order valence-corrected chi connectivity index (χ3v) is 5.46. The van der Waals surface area contributed by atoms with E-state index in [2.05, 4.69) is 23.5 Å². The zero-order valence-electron chi connectivity index (χ0n) is 17.7. The van der Waals surface area contributed by atoms with Gasteiger partial charge in [-0.3, -0.25) is 14.3 Å². The molecule has 0 aliphatic carbocycles. The van der Waals surface area contributed by atoms with E-state index in [9.17, 15) is 9.59 Å². The molecule has 0 fully saturated rings. The molecule has 0 aromatic carbocycles. The minimum atomic E-state index is -0.632. The molecule has 154 valence electrons. The van der Waals surface area contributed by atoms with Gasteiger partial charge in [-0.15, -0.1) is 12.4 Å². The number of nitrogens with zero attached hydrogens (tertiary/aromatic N) is 5. The van der Waals surface area contributed by atoms with Crippen LogP contribution in [0.4, 0.5) is 0 Å². The number of amides is 2. The summed E-state index contributed by atoms with van der Waals surface area (Å²) < 4.78 is 3.97. The van der Waals surface area contributed by atoms with E-state index in [1.54, 1.807) is 34.8 Å². The first-order chi connectivity index (χ1) is 12.6. The Kier molecular flexibility index (Phi) is 6.28. The predicted octanol–water partition coefficient (Wildman–Crippen LogP) is 2.67. The molecule has 1 aliphatic rings. The standard InChI is InChI=1S/C20H29N5O2.ClH/c1-12(2)25-13(3)10-15(14(25)4)19(26)24-9-8-17-16(11-21-23(17)7)18(24)20(27)22(5)6;/h10-12,18H,8-9H2,1-7H3;1H. The summed E-state index contributed by atoms with van der Waals surface area (Å²) in [6.07, 6.45) is 2.41. The SMILES string of the molecule is Cc1cc(C(=O)N2CCc3c(cnn3C)C2C(=O)N(C)C)c(C)n1C(C)C.Cl. The number of hydrogen-bond acceptors (Lipinski definition) is 3. The average Bonchev–Trinajstić information content (AvgIpc) is 3.12.